The SMILES string of the molecule is CC(=O)O[C@H]1/C=C/[C@H](C)[C@@H](/C(C)=C/C=C/[C@@H](C)COC(=O)N(C)C)OC(=O)C[C@@H](O)CC[C@]1(C)O. The van der Waals surface area contributed by atoms with E-state index in [-0.39, 0.29) is 37.7 Å². The number of allylic oxidation sites excluding steroid dienone is 2. The third kappa shape index (κ3) is 11.1. The number of rotatable bonds is 6. The minimum absolute atomic E-state index is 0.0269. The fourth-order valence-electron chi connectivity index (χ4n) is 3.51. The molecule has 0 saturated heterocycles. The van der Waals surface area contributed by atoms with Gasteiger partial charge in [0.05, 0.1) is 19.1 Å². The predicted molar refractivity (Wildman–Crippen MR) is 131 cm³/mol. The van der Waals surface area contributed by atoms with Crippen molar-refractivity contribution >= 4 is 18.0 Å². The van der Waals surface area contributed by atoms with E-state index in [1.165, 1.54) is 18.7 Å². The predicted octanol–water partition coefficient (Wildman–Crippen LogP) is 3.15. The molecule has 35 heavy (non-hydrogen) atoms. The van der Waals surface area contributed by atoms with E-state index in [1.807, 2.05) is 39.0 Å². The Kier molecular flexibility index (Phi) is 12.2. The fraction of sp³-hybridized carbons (Fsp3) is 0.654. The first-order valence-electron chi connectivity index (χ1n) is 11.9. The summed E-state index contributed by atoms with van der Waals surface area (Å²) in [4.78, 5) is 37.0. The molecule has 0 bridgehead atoms. The number of aliphatic hydroxyl groups excluding tert-OH is 1. The summed E-state index contributed by atoms with van der Waals surface area (Å²) in [7, 11) is 3.23. The van der Waals surface area contributed by atoms with Gasteiger partial charge in [-0.15, -0.1) is 0 Å². The minimum Gasteiger partial charge on any atom is -0.457 e. The molecule has 0 fully saturated rings. The summed E-state index contributed by atoms with van der Waals surface area (Å²) in [5.74, 6) is -1.41. The lowest BCUT2D eigenvalue weighted by Crippen LogP contribution is -2.42. The smallest absolute Gasteiger partial charge is 0.409 e. The minimum atomic E-state index is -1.42. The van der Waals surface area contributed by atoms with Crippen LogP contribution < -0.4 is 0 Å². The number of nitrogens with zero attached hydrogens (tertiary/aromatic N) is 1. The molecule has 0 saturated carbocycles. The first-order valence-corrected chi connectivity index (χ1v) is 11.9. The summed E-state index contributed by atoms with van der Waals surface area (Å²) in [6.45, 7) is 8.62. The van der Waals surface area contributed by atoms with Crippen LogP contribution in [0.15, 0.2) is 36.0 Å². The van der Waals surface area contributed by atoms with Gasteiger partial charge < -0.3 is 29.3 Å². The molecule has 198 valence electrons. The van der Waals surface area contributed by atoms with Crippen LogP contribution in [0, 0.1) is 11.8 Å². The molecule has 0 aromatic rings. The molecule has 2 N–H and O–H groups in total. The van der Waals surface area contributed by atoms with Gasteiger partial charge in [0.1, 0.15) is 17.8 Å². The highest BCUT2D eigenvalue weighted by molar-refractivity contribution is 5.70. The van der Waals surface area contributed by atoms with Crippen LogP contribution in [0.2, 0.25) is 0 Å². The Morgan fingerprint density at radius 3 is 2.57 bits per heavy atom. The van der Waals surface area contributed by atoms with Crippen molar-refractivity contribution < 1.29 is 38.8 Å². The molecule has 0 aromatic heterocycles. The van der Waals surface area contributed by atoms with Crippen molar-refractivity contribution in [3.8, 4) is 0 Å². The van der Waals surface area contributed by atoms with E-state index >= 15 is 0 Å². The zero-order chi connectivity index (χ0) is 26.8. The van der Waals surface area contributed by atoms with Crippen molar-refractivity contribution in [2.45, 2.75) is 77.8 Å². The first kappa shape index (κ1) is 30.4. The Morgan fingerprint density at radius 2 is 1.97 bits per heavy atom. The monoisotopic (exact) mass is 495 g/mol. The van der Waals surface area contributed by atoms with Crippen molar-refractivity contribution in [2.75, 3.05) is 20.7 Å². The molecular weight excluding hydrogens is 454 g/mol. The number of carbonyl (C=O) groups excluding carboxylic acids is 3. The molecule has 0 spiro atoms. The second-order valence-corrected chi connectivity index (χ2v) is 9.68. The van der Waals surface area contributed by atoms with E-state index in [9.17, 15) is 24.6 Å². The molecule has 1 aliphatic heterocycles. The van der Waals surface area contributed by atoms with Gasteiger partial charge in [0.25, 0.3) is 0 Å². The molecule has 0 unspecified atom stereocenters. The fourth-order valence-corrected chi connectivity index (χ4v) is 3.51. The quantitative estimate of drug-likeness (QED) is 0.249. The van der Waals surface area contributed by atoms with Crippen LogP contribution in [0.25, 0.3) is 0 Å². The lowest BCUT2D eigenvalue weighted by Gasteiger charge is -2.32. The molecular formula is C26H41NO8. The summed E-state index contributed by atoms with van der Waals surface area (Å²) in [6, 6.07) is 0. The van der Waals surface area contributed by atoms with E-state index in [2.05, 4.69) is 0 Å². The first-order chi connectivity index (χ1) is 16.2. The zero-order valence-electron chi connectivity index (χ0n) is 21.9. The summed E-state index contributed by atoms with van der Waals surface area (Å²) in [6.07, 6.45) is 5.95. The van der Waals surface area contributed by atoms with Crippen LogP contribution in [0.5, 0.6) is 0 Å². The average Bonchev–Trinajstić information content (AvgIpc) is 2.75. The van der Waals surface area contributed by atoms with Crippen LogP contribution >= 0.6 is 0 Å². The third-order valence-corrected chi connectivity index (χ3v) is 5.70. The van der Waals surface area contributed by atoms with E-state index in [1.54, 1.807) is 26.2 Å². The number of esters is 2. The molecule has 6 atom stereocenters. The van der Waals surface area contributed by atoms with Gasteiger partial charge in [0, 0.05) is 32.9 Å². The lowest BCUT2D eigenvalue weighted by atomic mass is 9.88. The maximum atomic E-state index is 12.5. The highest BCUT2D eigenvalue weighted by atomic mass is 16.6. The Bertz CT molecular complexity index is 814. The number of ether oxygens (including phenoxy) is 3. The zero-order valence-corrected chi connectivity index (χ0v) is 21.9. The van der Waals surface area contributed by atoms with Crippen molar-refractivity contribution in [2.24, 2.45) is 11.8 Å². The van der Waals surface area contributed by atoms with Crippen LogP contribution in [0.1, 0.15) is 53.9 Å². The number of carbonyl (C=O) groups is 3. The number of cyclic esters (lactones) is 1. The molecule has 0 aromatic carbocycles. The molecule has 1 rings (SSSR count). The van der Waals surface area contributed by atoms with Crippen molar-refractivity contribution in [3.05, 3.63) is 36.0 Å². The van der Waals surface area contributed by atoms with E-state index < -0.39 is 41.9 Å². The van der Waals surface area contributed by atoms with Gasteiger partial charge in [-0.05, 0) is 38.3 Å². The average molecular weight is 496 g/mol. The van der Waals surface area contributed by atoms with Gasteiger partial charge >= 0.3 is 18.0 Å². The van der Waals surface area contributed by atoms with Crippen molar-refractivity contribution in [3.63, 3.8) is 0 Å². The van der Waals surface area contributed by atoms with Gasteiger partial charge in [0.2, 0.25) is 0 Å². The molecule has 1 heterocycles. The van der Waals surface area contributed by atoms with Crippen LogP contribution in [-0.4, -0.2) is 77.8 Å². The summed E-state index contributed by atoms with van der Waals surface area (Å²) in [5, 5.41) is 21.2. The molecule has 9 nitrogen and oxygen atoms in total. The molecule has 0 aliphatic carbocycles. The third-order valence-electron chi connectivity index (χ3n) is 5.70. The highest BCUT2D eigenvalue weighted by Gasteiger charge is 2.35. The Balaban J connectivity index is 3.09. The number of hydrogen-bond donors (Lipinski definition) is 2. The van der Waals surface area contributed by atoms with Gasteiger partial charge in [-0.2, -0.15) is 0 Å². The summed E-state index contributed by atoms with van der Waals surface area (Å²) < 4.78 is 16.2. The van der Waals surface area contributed by atoms with Gasteiger partial charge in [-0.25, -0.2) is 4.79 Å². The second kappa shape index (κ2) is 14.0. The van der Waals surface area contributed by atoms with Crippen LogP contribution in [-0.2, 0) is 23.8 Å². The van der Waals surface area contributed by atoms with Crippen LogP contribution in [0.3, 0.4) is 0 Å². The maximum absolute atomic E-state index is 12.5. The topological polar surface area (TPSA) is 123 Å². The van der Waals surface area contributed by atoms with E-state index in [4.69, 9.17) is 14.2 Å². The largest absolute Gasteiger partial charge is 0.457 e. The van der Waals surface area contributed by atoms with Gasteiger partial charge in [-0.1, -0.05) is 38.2 Å². The Hall–Kier alpha value is -2.65. The van der Waals surface area contributed by atoms with E-state index in [0.717, 1.165) is 5.57 Å². The lowest BCUT2D eigenvalue weighted by molar-refractivity contribution is -0.157. The maximum Gasteiger partial charge on any atom is 0.409 e. The summed E-state index contributed by atoms with van der Waals surface area (Å²) >= 11 is 0. The summed E-state index contributed by atoms with van der Waals surface area (Å²) in [5.41, 5.74) is -0.659. The second-order valence-electron chi connectivity index (χ2n) is 9.68. The van der Waals surface area contributed by atoms with Crippen molar-refractivity contribution in [1.29, 1.82) is 0 Å². The van der Waals surface area contributed by atoms with Crippen LogP contribution in [0.4, 0.5) is 4.79 Å². The Labute approximate surface area is 208 Å². The number of amides is 1. The highest BCUT2D eigenvalue weighted by Crippen LogP contribution is 2.26. The van der Waals surface area contributed by atoms with Gasteiger partial charge in [0.15, 0.2) is 0 Å². The number of aliphatic hydroxyl groups is 2. The Morgan fingerprint density at radius 1 is 1.31 bits per heavy atom. The van der Waals surface area contributed by atoms with Gasteiger partial charge in [-0.3, -0.25) is 9.59 Å². The van der Waals surface area contributed by atoms with Crippen molar-refractivity contribution in [1.82, 2.24) is 4.90 Å². The number of hydrogen-bond acceptors (Lipinski definition) is 8. The molecule has 0 radical (unpaired) electrons. The molecule has 9 heteroatoms. The normalized spacial score (nSPS) is 30.4. The van der Waals surface area contributed by atoms with E-state index in [0.29, 0.717) is 0 Å². The molecule has 1 amide bonds. The molecule has 1 aliphatic rings. The standard InChI is InChI=1S/C26H41NO8/c1-17(16-33-25(31)27(6)7)9-8-10-18(2)24-19(3)11-12-22(34-20(4)28)26(5,32)14-13-21(29)15-23(30)35-24/h8-12,17,19,21-22,24,29,32H,13-16H2,1-7H3/b9-8+,12-11+,18-10+/t17-,19+,21+,22+,24-,26+/m1/s1.